The summed E-state index contributed by atoms with van der Waals surface area (Å²) in [7, 11) is 0. The van der Waals surface area contributed by atoms with Crippen LogP contribution in [0.5, 0.6) is 11.5 Å². The van der Waals surface area contributed by atoms with Crippen LogP contribution in [-0.4, -0.2) is 11.8 Å². The summed E-state index contributed by atoms with van der Waals surface area (Å²) in [5.74, 6) is 1.13. The standard InChI is InChI=1S/C24H22N2O3/c25-23(27)18-8-12-20(13-9-18)29-21-14-10-19(11-15-21)24(28)26-22(17-6-7-17)16-4-2-1-3-5-16/h1-5,8-15,17,22H,6-7H2,(H2,25,27)(H,26,28). The molecule has 0 radical (unpaired) electrons. The fourth-order valence-corrected chi connectivity index (χ4v) is 3.29. The molecule has 5 nitrogen and oxygen atoms in total. The summed E-state index contributed by atoms with van der Waals surface area (Å²) in [4.78, 5) is 23.9. The normalized spacial score (nSPS) is 14.1. The van der Waals surface area contributed by atoms with Crippen LogP contribution < -0.4 is 15.8 Å². The van der Waals surface area contributed by atoms with E-state index >= 15 is 0 Å². The first-order valence-corrected chi connectivity index (χ1v) is 9.64. The van der Waals surface area contributed by atoms with Crippen molar-refractivity contribution < 1.29 is 14.3 Å². The zero-order chi connectivity index (χ0) is 20.2. The highest BCUT2D eigenvalue weighted by Gasteiger charge is 2.33. The van der Waals surface area contributed by atoms with Crippen molar-refractivity contribution in [1.29, 1.82) is 0 Å². The number of amides is 2. The predicted octanol–water partition coefficient (Wildman–Crippen LogP) is 4.46. The lowest BCUT2D eigenvalue weighted by Gasteiger charge is -2.19. The van der Waals surface area contributed by atoms with E-state index in [-0.39, 0.29) is 11.9 Å². The molecule has 1 atom stereocenters. The van der Waals surface area contributed by atoms with Crippen LogP contribution in [0.3, 0.4) is 0 Å². The second-order valence-corrected chi connectivity index (χ2v) is 7.21. The fourth-order valence-electron chi connectivity index (χ4n) is 3.29. The van der Waals surface area contributed by atoms with Crippen molar-refractivity contribution in [2.24, 2.45) is 11.7 Å². The van der Waals surface area contributed by atoms with E-state index in [9.17, 15) is 9.59 Å². The summed E-state index contributed by atoms with van der Waals surface area (Å²) >= 11 is 0. The minimum atomic E-state index is -0.480. The van der Waals surface area contributed by atoms with Crippen LogP contribution in [0.1, 0.15) is 45.2 Å². The van der Waals surface area contributed by atoms with Gasteiger partial charge in [0.1, 0.15) is 11.5 Å². The summed E-state index contributed by atoms with van der Waals surface area (Å²) < 4.78 is 5.76. The van der Waals surface area contributed by atoms with Crippen molar-refractivity contribution >= 4 is 11.8 Å². The van der Waals surface area contributed by atoms with Gasteiger partial charge in [0, 0.05) is 11.1 Å². The lowest BCUT2D eigenvalue weighted by molar-refractivity contribution is 0.0930. The van der Waals surface area contributed by atoms with Crippen LogP contribution in [0.25, 0.3) is 0 Å². The van der Waals surface area contributed by atoms with E-state index < -0.39 is 5.91 Å². The number of nitrogens with one attached hydrogen (secondary N) is 1. The number of carbonyl (C=O) groups excluding carboxylic acids is 2. The molecular weight excluding hydrogens is 364 g/mol. The molecule has 29 heavy (non-hydrogen) atoms. The van der Waals surface area contributed by atoms with Gasteiger partial charge in [0.2, 0.25) is 5.91 Å². The maximum atomic E-state index is 12.7. The van der Waals surface area contributed by atoms with Gasteiger partial charge in [-0.2, -0.15) is 0 Å². The van der Waals surface area contributed by atoms with Gasteiger partial charge in [0.25, 0.3) is 5.91 Å². The van der Waals surface area contributed by atoms with Gasteiger partial charge in [-0.25, -0.2) is 0 Å². The molecule has 1 unspecified atom stereocenters. The zero-order valence-corrected chi connectivity index (χ0v) is 15.9. The van der Waals surface area contributed by atoms with E-state index in [0.717, 1.165) is 18.4 Å². The molecule has 0 spiro atoms. The van der Waals surface area contributed by atoms with E-state index in [1.54, 1.807) is 48.5 Å². The number of rotatable bonds is 7. The Hall–Kier alpha value is -3.60. The molecule has 146 valence electrons. The molecule has 1 aliphatic rings. The SMILES string of the molecule is NC(=O)c1ccc(Oc2ccc(C(=O)NC(c3ccccc3)C3CC3)cc2)cc1. The van der Waals surface area contributed by atoms with E-state index in [4.69, 9.17) is 10.5 Å². The third-order valence-electron chi connectivity index (χ3n) is 5.03. The van der Waals surface area contributed by atoms with Gasteiger partial charge in [-0.3, -0.25) is 9.59 Å². The number of carbonyl (C=O) groups is 2. The van der Waals surface area contributed by atoms with Crippen LogP contribution in [-0.2, 0) is 0 Å². The number of hydrogen-bond acceptors (Lipinski definition) is 3. The second kappa shape index (κ2) is 8.19. The highest BCUT2D eigenvalue weighted by Crippen LogP contribution is 2.41. The topological polar surface area (TPSA) is 81.4 Å². The monoisotopic (exact) mass is 386 g/mol. The van der Waals surface area contributed by atoms with E-state index in [0.29, 0.717) is 28.5 Å². The minimum absolute atomic E-state index is 0.0448. The predicted molar refractivity (Wildman–Crippen MR) is 111 cm³/mol. The molecule has 0 saturated heterocycles. The number of hydrogen-bond donors (Lipinski definition) is 2. The average molecular weight is 386 g/mol. The molecule has 4 rings (SSSR count). The summed E-state index contributed by atoms with van der Waals surface area (Å²) in [6.07, 6.45) is 2.28. The molecule has 2 amide bonds. The van der Waals surface area contributed by atoms with Gasteiger partial charge >= 0.3 is 0 Å². The van der Waals surface area contributed by atoms with Crippen molar-refractivity contribution in [1.82, 2.24) is 5.32 Å². The molecule has 0 bridgehead atoms. The Bertz CT molecular complexity index is 995. The van der Waals surface area contributed by atoms with Gasteiger partial charge < -0.3 is 15.8 Å². The Morgan fingerprint density at radius 2 is 1.38 bits per heavy atom. The Labute approximate surface area is 169 Å². The van der Waals surface area contributed by atoms with Crippen molar-refractivity contribution in [2.45, 2.75) is 18.9 Å². The van der Waals surface area contributed by atoms with Crippen LogP contribution in [0.4, 0.5) is 0 Å². The smallest absolute Gasteiger partial charge is 0.251 e. The van der Waals surface area contributed by atoms with Crippen molar-refractivity contribution in [3.05, 3.63) is 95.6 Å². The maximum Gasteiger partial charge on any atom is 0.251 e. The second-order valence-electron chi connectivity index (χ2n) is 7.21. The van der Waals surface area contributed by atoms with Gasteiger partial charge in [-0.05, 0) is 72.9 Å². The number of ether oxygens (including phenoxy) is 1. The van der Waals surface area contributed by atoms with Crippen LogP contribution in [0.2, 0.25) is 0 Å². The van der Waals surface area contributed by atoms with E-state index in [2.05, 4.69) is 17.4 Å². The quantitative estimate of drug-likeness (QED) is 0.629. The Balaban J connectivity index is 1.41. The summed E-state index contributed by atoms with van der Waals surface area (Å²) in [6.45, 7) is 0. The number of primary amides is 1. The first kappa shape index (κ1) is 18.7. The molecule has 0 aliphatic heterocycles. The molecular formula is C24H22N2O3. The summed E-state index contributed by atoms with van der Waals surface area (Å²) in [5.41, 5.74) is 7.39. The highest BCUT2D eigenvalue weighted by atomic mass is 16.5. The first-order valence-electron chi connectivity index (χ1n) is 9.64. The van der Waals surface area contributed by atoms with Gasteiger partial charge in [0.15, 0.2) is 0 Å². The third kappa shape index (κ3) is 4.63. The maximum absolute atomic E-state index is 12.7. The highest BCUT2D eigenvalue weighted by molar-refractivity contribution is 5.94. The average Bonchev–Trinajstić information content (AvgIpc) is 3.58. The molecule has 5 heteroatoms. The van der Waals surface area contributed by atoms with Crippen LogP contribution in [0, 0.1) is 5.92 Å². The Kier molecular flexibility index (Phi) is 5.29. The molecule has 1 aliphatic carbocycles. The molecule has 1 fully saturated rings. The molecule has 1 saturated carbocycles. The Morgan fingerprint density at radius 1 is 0.828 bits per heavy atom. The largest absolute Gasteiger partial charge is 0.457 e. The van der Waals surface area contributed by atoms with E-state index in [1.165, 1.54) is 0 Å². The molecule has 0 aromatic heterocycles. The molecule has 3 aromatic carbocycles. The Morgan fingerprint density at radius 3 is 1.90 bits per heavy atom. The fraction of sp³-hybridized carbons (Fsp3) is 0.167. The van der Waals surface area contributed by atoms with Gasteiger partial charge in [0.05, 0.1) is 6.04 Å². The first-order chi connectivity index (χ1) is 14.1. The molecule has 3 N–H and O–H groups in total. The number of nitrogens with two attached hydrogens (primary N) is 1. The van der Waals surface area contributed by atoms with Crippen LogP contribution >= 0.6 is 0 Å². The minimum Gasteiger partial charge on any atom is -0.457 e. The molecule has 0 heterocycles. The number of benzene rings is 3. The summed E-state index contributed by atoms with van der Waals surface area (Å²) in [5, 5.41) is 3.17. The third-order valence-corrected chi connectivity index (χ3v) is 5.03. The van der Waals surface area contributed by atoms with E-state index in [1.807, 2.05) is 18.2 Å². The van der Waals surface area contributed by atoms with Crippen molar-refractivity contribution in [3.8, 4) is 11.5 Å². The van der Waals surface area contributed by atoms with Crippen molar-refractivity contribution in [3.63, 3.8) is 0 Å². The summed E-state index contributed by atoms with van der Waals surface area (Å²) in [6, 6.07) is 23.7. The zero-order valence-electron chi connectivity index (χ0n) is 15.9. The molecule has 3 aromatic rings. The lowest BCUT2D eigenvalue weighted by atomic mass is 10.0. The van der Waals surface area contributed by atoms with Crippen LogP contribution in [0.15, 0.2) is 78.9 Å². The lowest BCUT2D eigenvalue weighted by Crippen LogP contribution is -2.29. The van der Waals surface area contributed by atoms with Crippen molar-refractivity contribution in [2.75, 3.05) is 0 Å². The van der Waals surface area contributed by atoms with Gasteiger partial charge in [-0.1, -0.05) is 30.3 Å². The van der Waals surface area contributed by atoms with Gasteiger partial charge in [-0.15, -0.1) is 0 Å².